The van der Waals surface area contributed by atoms with Crippen LogP contribution in [0.2, 0.25) is 0 Å². The zero-order valence-corrected chi connectivity index (χ0v) is 11.3. The van der Waals surface area contributed by atoms with Crippen molar-refractivity contribution in [2.75, 3.05) is 19.6 Å². The molecule has 1 aliphatic heterocycles. The Hall–Kier alpha value is -1.10. The van der Waals surface area contributed by atoms with E-state index in [1.54, 1.807) is 0 Å². The van der Waals surface area contributed by atoms with E-state index in [9.17, 15) is 9.59 Å². The number of carboxylic acid groups (broad SMARTS) is 1. The van der Waals surface area contributed by atoms with E-state index in [0.29, 0.717) is 19.6 Å². The van der Waals surface area contributed by atoms with Gasteiger partial charge in [-0.25, -0.2) is 0 Å². The Bertz CT molecular complexity index is 288. The van der Waals surface area contributed by atoms with Gasteiger partial charge >= 0.3 is 5.97 Å². The average molecular weight is 256 g/mol. The molecule has 0 spiro atoms. The molecule has 1 saturated heterocycles. The van der Waals surface area contributed by atoms with E-state index < -0.39 is 5.97 Å². The molecule has 5 nitrogen and oxygen atoms in total. The minimum Gasteiger partial charge on any atom is -0.481 e. The van der Waals surface area contributed by atoms with Gasteiger partial charge in [0.2, 0.25) is 5.91 Å². The number of unbranched alkanes of at least 4 members (excludes halogenated alkanes) is 2. The standard InChI is InChI=1S/C13H24N2O3/c1-3-4-5-6-10(2)14-12(16)9-15-7-11(8-15)13(17)18/h10-11H,3-9H2,1-2H3,(H,14,16)(H,17,18). The van der Waals surface area contributed by atoms with E-state index in [-0.39, 0.29) is 17.9 Å². The largest absolute Gasteiger partial charge is 0.481 e. The van der Waals surface area contributed by atoms with Gasteiger partial charge in [0, 0.05) is 19.1 Å². The number of nitrogens with one attached hydrogen (secondary N) is 1. The Balaban J connectivity index is 2.09. The van der Waals surface area contributed by atoms with Crippen LogP contribution in [-0.2, 0) is 9.59 Å². The lowest BCUT2D eigenvalue weighted by molar-refractivity contribution is -0.148. The van der Waals surface area contributed by atoms with Crippen LogP contribution in [0.15, 0.2) is 0 Å². The maximum atomic E-state index is 11.7. The molecule has 1 amide bonds. The number of likely N-dealkylation sites (tertiary alicyclic amines) is 1. The number of aliphatic carboxylic acids is 1. The molecule has 0 bridgehead atoms. The molecule has 1 aliphatic rings. The fraction of sp³-hybridized carbons (Fsp3) is 0.846. The monoisotopic (exact) mass is 256 g/mol. The summed E-state index contributed by atoms with van der Waals surface area (Å²) in [5.74, 6) is -1.05. The lowest BCUT2D eigenvalue weighted by atomic mass is 10.0. The number of hydrogen-bond donors (Lipinski definition) is 2. The molecule has 0 aromatic carbocycles. The predicted octanol–water partition coefficient (Wildman–Crippen LogP) is 1.09. The summed E-state index contributed by atoms with van der Waals surface area (Å²) in [4.78, 5) is 24.1. The molecular formula is C13H24N2O3. The fourth-order valence-electron chi connectivity index (χ4n) is 2.15. The highest BCUT2D eigenvalue weighted by molar-refractivity contribution is 5.79. The average Bonchev–Trinajstić information content (AvgIpc) is 2.22. The molecule has 1 rings (SSSR count). The smallest absolute Gasteiger partial charge is 0.309 e. The topological polar surface area (TPSA) is 69.6 Å². The maximum Gasteiger partial charge on any atom is 0.309 e. The normalized spacial score (nSPS) is 18.1. The third-order valence-corrected chi connectivity index (χ3v) is 3.32. The zero-order valence-electron chi connectivity index (χ0n) is 11.3. The molecule has 0 aromatic heterocycles. The van der Waals surface area contributed by atoms with Crippen molar-refractivity contribution in [2.24, 2.45) is 5.92 Å². The Morgan fingerprint density at radius 1 is 1.39 bits per heavy atom. The number of carboxylic acids is 1. The minimum absolute atomic E-state index is 0.00263. The SMILES string of the molecule is CCCCCC(C)NC(=O)CN1CC(C(=O)O)C1. The first kappa shape index (κ1) is 15.0. The van der Waals surface area contributed by atoms with Crippen molar-refractivity contribution in [3.63, 3.8) is 0 Å². The molecule has 1 heterocycles. The molecule has 0 radical (unpaired) electrons. The number of carbonyl (C=O) groups excluding carboxylic acids is 1. The Kier molecular flexibility index (Phi) is 6.12. The van der Waals surface area contributed by atoms with Gasteiger partial charge in [-0.1, -0.05) is 26.2 Å². The molecule has 18 heavy (non-hydrogen) atoms. The molecule has 1 unspecified atom stereocenters. The maximum absolute atomic E-state index is 11.7. The summed E-state index contributed by atoms with van der Waals surface area (Å²) in [6.45, 7) is 5.48. The molecule has 1 atom stereocenters. The van der Waals surface area contributed by atoms with Gasteiger partial charge in [0.1, 0.15) is 0 Å². The number of rotatable bonds is 8. The lowest BCUT2D eigenvalue weighted by Crippen LogP contribution is -2.54. The molecule has 0 aromatic rings. The third kappa shape index (κ3) is 5.04. The molecule has 1 fully saturated rings. The second-order valence-corrected chi connectivity index (χ2v) is 5.19. The van der Waals surface area contributed by atoms with Gasteiger partial charge in [0.05, 0.1) is 12.5 Å². The fourth-order valence-corrected chi connectivity index (χ4v) is 2.15. The van der Waals surface area contributed by atoms with E-state index in [2.05, 4.69) is 12.2 Å². The van der Waals surface area contributed by atoms with Crippen molar-refractivity contribution < 1.29 is 14.7 Å². The third-order valence-electron chi connectivity index (χ3n) is 3.32. The van der Waals surface area contributed by atoms with Gasteiger partial charge < -0.3 is 10.4 Å². The van der Waals surface area contributed by atoms with E-state index in [1.807, 2.05) is 11.8 Å². The highest BCUT2D eigenvalue weighted by Gasteiger charge is 2.33. The summed E-state index contributed by atoms with van der Waals surface area (Å²) in [6.07, 6.45) is 4.54. The first-order valence-corrected chi connectivity index (χ1v) is 6.77. The molecular weight excluding hydrogens is 232 g/mol. The lowest BCUT2D eigenvalue weighted by Gasteiger charge is -2.36. The summed E-state index contributed by atoms with van der Waals surface area (Å²) < 4.78 is 0. The molecule has 0 aliphatic carbocycles. The van der Waals surface area contributed by atoms with Gasteiger partial charge in [-0.15, -0.1) is 0 Å². The van der Waals surface area contributed by atoms with Crippen LogP contribution in [0, 0.1) is 5.92 Å². The van der Waals surface area contributed by atoms with Crippen molar-refractivity contribution in [3.8, 4) is 0 Å². The van der Waals surface area contributed by atoms with Crippen LogP contribution < -0.4 is 5.32 Å². The van der Waals surface area contributed by atoms with Crippen LogP contribution in [0.25, 0.3) is 0 Å². The first-order chi connectivity index (χ1) is 8.52. The van der Waals surface area contributed by atoms with Gasteiger partial charge in [0.15, 0.2) is 0 Å². The van der Waals surface area contributed by atoms with Crippen molar-refractivity contribution in [1.29, 1.82) is 0 Å². The van der Waals surface area contributed by atoms with Crippen molar-refractivity contribution in [1.82, 2.24) is 10.2 Å². The van der Waals surface area contributed by atoms with Gasteiger partial charge in [-0.3, -0.25) is 14.5 Å². The summed E-state index contributed by atoms with van der Waals surface area (Å²) in [7, 11) is 0. The van der Waals surface area contributed by atoms with Crippen LogP contribution in [-0.4, -0.2) is 47.6 Å². The van der Waals surface area contributed by atoms with E-state index in [1.165, 1.54) is 12.8 Å². The molecule has 2 N–H and O–H groups in total. The minimum atomic E-state index is -0.764. The van der Waals surface area contributed by atoms with Gasteiger partial charge in [-0.2, -0.15) is 0 Å². The number of amides is 1. The Morgan fingerprint density at radius 2 is 2.06 bits per heavy atom. The Morgan fingerprint density at radius 3 is 2.61 bits per heavy atom. The second-order valence-electron chi connectivity index (χ2n) is 5.19. The summed E-state index contributed by atoms with van der Waals surface area (Å²) in [5.41, 5.74) is 0. The van der Waals surface area contributed by atoms with Crippen molar-refractivity contribution in [3.05, 3.63) is 0 Å². The molecule has 104 valence electrons. The summed E-state index contributed by atoms with van der Waals surface area (Å²) in [5, 5.41) is 11.7. The van der Waals surface area contributed by atoms with E-state index in [0.717, 1.165) is 12.8 Å². The van der Waals surface area contributed by atoms with Crippen molar-refractivity contribution >= 4 is 11.9 Å². The highest BCUT2D eigenvalue weighted by Crippen LogP contribution is 2.14. The molecule has 5 heteroatoms. The van der Waals surface area contributed by atoms with Crippen molar-refractivity contribution in [2.45, 2.75) is 45.6 Å². The highest BCUT2D eigenvalue weighted by atomic mass is 16.4. The Labute approximate surface area is 109 Å². The van der Waals surface area contributed by atoms with Crippen LogP contribution in [0.5, 0.6) is 0 Å². The second kappa shape index (κ2) is 7.36. The quantitative estimate of drug-likeness (QED) is 0.638. The van der Waals surface area contributed by atoms with Crippen LogP contribution >= 0.6 is 0 Å². The number of nitrogens with zero attached hydrogens (tertiary/aromatic N) is 1. The number of hydrogen-bond acceptors (Lipinski definition) is 3. The summed E-state index contributed by atoms with van der Waals surface area (Å²) >= 11 is 0. The summed E-state index contributed by atoms with van der Waals surface area (Å²) in [6, 6.07) is 0.209. The van der Waals surface area contributed by atoms with E-state index >= 15 is 0 Å². The van der Waals surface area contributed by atoms with Crippen LogP contribution in [0.4, 0.5) is 0 Å². The number of carbonyl (C=O) groups is 2. The van der Waals surface area contributed by atoms with Crippen LogP contribution in [0.3, 0.4) is 0 Å². The zero-order chi connectivity index (χ0) is 13.5. The van der Waals surface area contributed by atoms with Gasteiger partial charge in [-0.05, 0) is 13.3 Å². The van der Waals surface area contributed by atoms with Crippen LogP contribution in [0.1, 0.15) is 39.5 Å². The first-order valence-electron chi connectivity index (χ1n) is 6.77. The van der Waals surface area contributed by atoms with E-state index in [4.69, 9.17) is 5.11 Å². The molecule has 0 saturated carbocycles. The predicted molar refractivity (Wildman–Crippen MR) is 69.3 cm³/mol. The van der Waals surface area contributed by atoms with Gasteiger partial charge in [0.25, 0.3) is 0 Å².